The highest BCUT2D eigenvalue weighted by molar-refractivity contribution is 7.21. The predicted molar refractivity (Wildman–Crippen MR) is 388 cm³/mol. The molecule has 11 aromatic rings. The summed E-state index contributed by atoms with van der Waals surface area (Å²) in [5.74, 6) is -0.190. The van der Waals surface area contributed by atoms with E-state index in [0.29, 0.717) is 84.3 Å². The first-order valence-electron chi connectivity index (χ1n) is 34.2. The zero-order valence-electron chi connectivity index (χ0n) is 56.3. The molecule has 3 aromatic heterocycles. The molecule has 5 heterocycles. The van der Waals surface area contributed by atoms with Crippen LogP contribution in [0.3, 0.4) is 0 Å². The fourth-order valence-corrected chi connectivity index (χ4v) is 14.1. The summed E-state index contributed by atoms with van der Waals surface area (Å²) in [6.07, 6.45) is -2.47. The number of hydrogen-bond donors (Lipinski definition) is 2. The predicted octanol–water partition coefficient (Wildman–Crippen LogP) is 14.2. The molecule has 0 bridgehead atoms. The topological polar surface area (TPSA) is 190 Å². The summed E-state index contributed by atoms with van der Waals surface area (Å²) in [6.45, 7) is 5.73. The van der Waals surface area contributed by atoms with Crippen LogP contribution in [0, 0.1) is 6.92 Å². The Morgan fingerprint density at radius 3 is 1.19 bits per heavy atom. The molecule has 18 nitrogen and oxygen atoms in total. The van der Waals surface area contributed by atoms with E-state index in [1.807, 2.05) is 244 Å². The van der Waals surface area contributed by atoms with Crippen LogP contribution in [-0.4, -0.2) is 112 Å². The summed E-state index contributed by atoms with van der Waals surface area (Å²) in [6, 6.07) is 80.7. The van der Waals surface area contributed by atoms with Crippen molar-refractivity contribution >= 4 is 38.7 Å². The van der Waals surface area contributed by atoms with E-state index in [1.54, 1.807) is 10.9 Å². The summed E-state index contributed by atoms with van der Waals surface area (Å²) in [5.41, 5.74) is 9.37. The van der Waals surface area contributed by atoms with Crippen molar-refractivity contribution < 1.29 is 52.2 Å². The number of rotatable bonds is 36. The Hall–Kier alpha value is -8.97. The van der Waals surface area contributed by atoms with Gasteiger partial charge in [-0.3, -0.25) is 4.79 Å². The molecule has 2 N–H and O–H groups in total. The van der Waals surface area contributed by atoms with Gasteiger partial charge in [-0.25, -0.2) is 14.6 Å². The van der Waals surface area contributed by atoms with E-state index in [9.17, 15) is 4.79 Å². The molecule has 2 saturated heterocycles. The number of ketones is 1. The van der Waals surface area contributed by atoms with Crippen molar-refractivity contribution in [3.05, 3.63) is 321 Å². The van der Waals surface area contributed by atoms with Gasteiger partial charge in [-0.15, -0.1) is 5.10 Å². The molecule has 101 heavy (non-hydrogen) atoms. The Bertz CT molecular complexity index is 4210. The van der Waals surface area contributed by atoms with Crippen molar-refractivity contribution in [1.29, 1.82) is 0 Å². The third-order valence-electron chi connectivity index (χ3n) is 17.5. The summed E-state index contributed by atoms with van der Waals surface area (Å²) >= 11 is 2.54. The Labute approximate surface area is 597 Å². The van der Waals surface area contributed by atoms with Crippen LogP contribution in [0.5, 0.6) is 0 Å². The van der Waals surface area contributed by atoms with Crippen molar-refractivity contribution in [3.8, 4) is 0 Å². The highest BCUT2D eigenvalue weighted by Gasteiger charge is 2.50. The zero-order valence-corrected chi connectivity index (χ0v) is 57.9. The molecule has 0 spiro atoms. The SMILES string of the molecule is Cc1nc(NCc2cn(CC3OC(COCc4ccccc4)C(OCc4ccccc4)C(OCc4ccccc4)C3OCc3ccccc3)nn2)sc1C(=O)c1cnc(NCC2OC(COCc3ccccc3)C(OCc3ccccc3)C(OCc3ccccc3)C2OCc2ccccc2)s1. The summed E-state index contributed by atoms with van der Waals surface area (Å²) in [5, 5.41) is 17.2. The van der Waals surface area contributed by atoms with Crippen molar-refractivity contribution in [2.24, 2.45) is 0 Å². The molecule has 10 atom stereocenters. The normalized spacial score (nSPS) is 20.5. The number of nitrogens with zero attached hydrogens (tertiary/aromatic N) is 5. The van der Waals surface area contributed by atoms with Crippen LogP contribution in [-0.2, 0) is 113 Å². The molecule has 0 saturated carbocycles. The van der Waals surface area contributed by atoms with Gasteiger partial charge in [0.1, 0.15) is 71.6 Å². The van der Waals surface area contributed by atoms with E-state index in [0.717, 1.165) is 44.5 Å². The van der Waals surface area contributed by atoms with E-state index in [4.69, 9.17) is 57.3 Å². The molecular formula is C81H83N7O11S2. The Balaban J connectivity index is 0.698. The zero-order chi connectivity index (χ0) is 68.6. The number of hydrogen-bond acceptors (Lipinski definition) is 19. The molecule has 0 aliphatic carbocycles. The second-order valence-corrected chi connectivity index (χ2v) is 27.0. The summed E-state index contributed by atoms with van der Waals surface area (Å²) in [4.78, 5) is 25.0. The van der Waals surface area contributed by atoms with Gasteiger partial charge in [0.25, 0.3) is 0 Å². The van der Waals surface area contributed by atoms with E-state index in [2.05, 4.69) is 33.1 Å². The van der Waals surface area contributed by atoms with Gasteiger partial charge >= 0.3 is 0 Å². The Morgan fingerprint density at radius 2 is 0.782 bits per heavy atom. The maximum Gasteiger partial charge on any atom is 0.216 e. The number of ether oxygens (including phenoxy) is 10. The lowest BCUT2D eigenvalue weighted by Gasteiger charge is -2.46. The largest absolute Gasteiger partial charge is 0.374 e. The molecular weight excluding hydrogens is 1310 g/mol. The second-order valence-electron chi connectivity index (χ2n) is 25.0. The molecule has 0 amide bonds. The number of aromatic nitrogens is 5. The molecule has 2 aliphatic heterocycles. The number of nitrogens with one attached hydrogen (secondary N) is 2. The maximum atomic E-state index is 14.5. The molecule has 2 fully saturated rings. The summed E-state index contributed by atoms with van der Waals surface area (Å²) < 4.78 is 70.6. The van der Waals surface area contributed by atoms with Crippen LogP contribution in [0.25, 0.3) is 0 Å². The molecule has 8 aromatic carbocycles. The van der Waals surface area contributed by atoms with Crippen molar-refractivity contribution in [2.75, 3.05) is 30.4 Å². The number of thiazole rings is 2. The minimum absolute atomic E-state index is 0.190. The Morgan fingerprint density at radius 1 is 0.426 bits per heavy atom. The second kappa shape index (κ2) is 36.6. The molecule has 10 unspecified atom stereocenters. The van der Waals surface area contributed by atoms with Crippen LogP contribution in [0.2, 0.25) is 0 Å². The third-order valence-corrected chi connectivity index (χ3v) is 19.6. The standard InChI is InChI=1S/C81H83N7O11S2/c1-57-79(72(89)71-44-84-80(100-71)83-43-67-73(92-49-60-30-14-4-15-31-60)77(96-53-64-38-22-8-23-39-64)75(94-51-62-34-18-6-19-35-62)69(98-67)55-90-47-58-26-10-2-11-27-58)101-81(85-57)82-42-66-45-88(87-86-66)46-68-74(93-50-61-32-16-5-17-33-61)78(97-54-65-40-24-9-25-41-65)76(95-52-63-36-20-7-21-37-63)70(99-68)56-91-48-59-28-12-3-13-29-59/h2-41,44-45,67-70,73-78H,42-43,46-56H2,1H3,(H,82,85)(H,83,84). The monoisotopic (exact) mass is 1390 g/mol. The van der Waals surface area contributed by atoms with Crippen LogP contribution in [0.1, 0.15) is 70.4 Å². The number of carbonyl (C=O) groups is 1. The van der Waals surface area contributed by atoms with Gasteiger partial charge in [-0.1, -0.05) is 271 Å². The van der Waals surface area contributed by atoms with Crippen LogP contribution in [0.15, 0.2) is 255 Å². The molecule has 0 radical (unpaired) electrons. The van der Waals surface area contributed by atoms with Gasteiger partial charge in [0.15, 0.2) is 10.3 Å². The van der Waals surface area contributed by atoms with Gasteiger partial charge in [0, 0.05) is 6.54 Å². The Kier molecular flexibility index (Phi) is 25.5. The number of anilines is 2. The minimum atomic E-state index is -0.627. The molecule has 20 heteroatoms. The molecule has 520 valence electrons. The lowest BCUT2D eigenvalue weighted by molar-refractivity contribution is -0.275. The van der Waals surface area contributed by atoms with Crippen LogP contribution >= 0.6 is 22.7 Å². The van der Waals surface area contributed by atoms with Crippen molar-refractivity contribution in [2.45, 2.75) is 134 Å². The van der Waals surface area contributed by atoms with Gasteiger partial charge in [-0.05, 0) is 51.4 Å². The lowest BCUT2D eigenvalue weighted by atomic mass is 9.93. The highest BCUT2D eigenvalue weighted by Crippen LogP contribution is 2.35. The fraction of sp³-hybridized carbons (Fsp3) is 0.296. The van der Waals surface area contributed by atoms with E-state index in [-0.39, 0.29) is 38.6 Å². The van der Waals surface area contributed by atoms with E-state index >= 15 is 0 Å². The first-order chi connectivity index (χ1) is 49.9. The van der Waals surface area contributed by atoms with Gasteiger partial charge in [-0.2, -0.15) is 0 Å². The quantitative estimate of drug-likeness (QED) is 0.0352. The fourth-order valence-electron chi connectivity index (χ4n) is 12.4. The third kappa shape index (κ3) is 20.2. The van der Waals surface area contributed by atoms with Crippen molar-refractivity contribution in [3.63, 3.8) is 0 Å². The van der Waals surface area contributed by atoms with E-state index in [1.165, 1.54) is 22.7 Å². The lowest BCUT2D eigenvalue weighted by Crippen LogP contribution is -2.62. The van der Waals surface area contributed by atoms with Crippen LogP contribution < -0.4 is 10.6 Å². The van der Waals surface area contributed by atoms with Crippen LogP contribution in [0.4, 0.5) is 10.3 Å². The number of carbonyl (C=O) groups excluding carboxylic acids is 1. The first kappa shape index (κ1) is 70.5. The summed E-state index contributed by atoms with van der Waals surface area (Å²) in [7, 11) is 0. The number of benzene rings is 8. The van der Waals surface area contributed by atoms with Gasteiger partial charge < -0.3 is 58.0 Å². The molecule has 13 rings (SSSR count). The average molecular weight is 1390 g/mol. The average Bonchev–Trinajstić information content (AvgIpc) is 1.07. The maximum absolute atomic E-state index is 14.5. The smallest absolute Gasteiger partial charge is 0.216 e. The molecule has 2 aliphatic rings. The van der Waals surface area contributed by atoms with Gasteiger partial charge in [0.2, 0.25) is 5.78 Å². The van der Waals surface area contributed by atoms with Gasteiger partial charge in [0.05, 0.1) is 102 Å². The first-order valence-corrected chi connectivity index (χ1v) is 35.8. The van der Waals surface area contributed by atoms with E-state index < -0.39 is 61.0 Å². The highest BCUT2D eigenvalue weighted by atomic mass is 32.1. The minimum Gasteiger partial charge on any atom is -0.374 e. The van der Waals surface area contributed by atoms with Crippen molar-refractivity contribution in [1.82, 2.24) is 25.0 Å². The number of aryl methyl sites for hydroxylation is 1.